The zero-order valence-electron chi connectivity index (χ0n) is 14.3. The van der Waals surface area contributed by atoms with Crippen LogP contribution >= 0.6 is 0 Å². The van der Waals surface area contributed by atoms with Gasteiger partial charge in [0, 0.05) is 23.0 Å². The highest BCUT2D eigenvalue weighted by molar-refractivity contribution is 5.69. The molecule has 4 heteroatoms. The van der Waals surface area contributed by atoms with Gasteiger partial charge in [0.15, 0.2) is 11.5 Å². The number of hydrogen-bond donors (Lipinski definition) is 1. The van der Waals surface area contributed by atoms with Crippen molar-refractivity contribution in [2.75, 3.05) is 7.11 Å². The van der Waals surface area contributed by atoms with Crippen LogP contribution in [0.25, 0.3) is 28.3 Å². The fourth-order valence-corrected chi connectivity index (χ4v) is 2.93. The molecule has 1 aromatic heterocycles. The molecule has 0 aliphatic rings. The smallest absolute Gasteiger partial charge is 0.161 e. The molecule has 0 aliphatic heterocycles. The quantitative estimate of drug-likeness (QED) is 0.572. The fourth-order valence-electron chi connectivity index (χ4n) is 2.93. The molecule has 0 amide bonds. The van der Waals surface area contributed by atoms with Gasteiger partial charge in [-0.3, -0.25) is 4.57 Å². The minimum Gasteiger partial charge on any atom is -0.504 e. The van der Waals surface area contributed by atoms with Crippen LogP contribution in [0.15, 0.2) is 85.1 Å². The Morgan fingerprint density at radius 1 is 0.846 bits per heavy atom. The summed E-state index contributed by atoms with van der Waals surface area (Å²) in [5, 5.41) is 9.90. The van der Waals surface area contributed by atoms with Crippen molar-refractivity contribution >= 4 is 0 Å². The molecule has 128 valence electrons. The molecule has 0 aliphatic carbocycles. The van der Waals surface area contributed by atoms with Crippen LogP contribution in [0, 0.1) is 0 Å². The average molecular weight is 342 g/mol. The third-order valence-electron chi connectivity index (χ3n) is 4.25. The van der Waals surface area contributed by atoms with E-state index < -0.39 is 0 Å². The first-order chi connectivity index (χ1) is 12.8. The second-order valence-electron chi connectivity index (χ2n) is 5.91. The lowest BCUT2D eigenvalue weighted by Gasteiger charge is -2.09. The number of imidazole rings is 1. The first kappa shape index (κ1) is 16.0. The molecule has 0 radical (unpaired) electrons. The molecule has 0 saturated heterocycles. The van der Waals surface area contributed by atoms with Gasteiger partial charge < -0.3 is 9.84 Å². The number of aromatic hydroxyl groups is 1. The molecule has 4 aromatic rings. The molecule has 4 nitrogen and oxygen atoms in total. The van der Waals surface area contributed by atoms with E-state index in [1.807, 2.05) is 77.5 Å². The predicted octanol–water partition coefficient (Wildman–Crippen LogP) is 4.92. The molecule has 0 fully saturated rings. The Kier molecular flexibility index (Phi) is 4.15. The summed E-state index contributed by atoms with van der Waals surface area (Å²) in [7, 11) is 1.54. The molecule has 1 N–H and O–H groups in total. The lowest BCUT2D eigenvalue weighted by molar-refractivity contribution is 0.373. The Hall–Kier alpha value is -3.53. The highest BCUT2D eigenvalue weighted by Gasteiger charge is 2.14. The summed E-state index contributed by atoms with van der Waals surface area (Å²) in [5.74, 6) is 1.32. The second-order valence-corrected chi connectivity index (χ2v) is 5.91. The molecule has 0 spiro atoms. The van der Waals surface area contributed by atoms with E-state index in [0.29, 0.717) is 5.75 Å². The van der Waals surface area contributed by atoms with Crippen molar-refractivity contribution in [1.29, 1.82) is 0 Å². The van der Waals surface area contributed by atoms with Crippen LogP contribution in [0.5, 0.6) is 11.5 Å². The summed E-state index contributed by atoms with van der Waals surface area (Å²) in [6.07, 6.45) is 2.03. The van der Waals surface area contributed by atoms with Crippen molar-refractivity contribution in [2.24, 2.45) is 0 Å². The van der Waals surface area contributed by atoms with Gasteiger partial charge in [0.25, 0.3) is 0 Å². The number of ether oxygens (including phenoxy) is 1. The summed E-state index contributed by atoms with van der Waals surface area (Å²) in [6, 6.07) is 25.4. The van der Waals surface area contributed by atoms with Crippen molar-refractivity contribution in [3.05, 3.63) is 85.1 Å². The molecule has 4 rings (SSSR count). The largest absolute Gasteiger partial charge is 0.504 e. The van der Waals surface area contributed by atoms with Crippen LogP contribution < -0.4 is 4.74 Å². The zero-order chi connectivity index (χ0) is 17.9. The summed E-state index contributed by atoms with van der Waals surface area (Å²) < 4.78 is 7.31. The Morgan fingerprint density at radius 3 is 2.23 bits per heavy atom. The average Bonchev–Trinajstić information content (AvgIpc) is 3.15. The highest BCUT2D eigenvalue weighted by atomic mass is 16.5. The molecule has 3 aromatic carbocycles. The molecule has 0 unspecified atom stereocenters. The minimum absolute atomic E-state index is 0.109. The number of hydrogen-bond acceptors (Lipinski definition) is 3. The van der Waals surface area contributed by atoms with Crippen molar-refractivity contribution in [3.8, 4) is 39.8 Å². The SMILES string of the molecule is COc1cc(-c2nc(-c3ccccc3)cn2-c2ccccc2)ccc1O. The third kappa shape index (κ3) is 2.93. The predicted molar refractivity (Wildman–Crippen MR) is 103 cm³/mol. The van der Waals surface area contributed by atoms with E-state index in [1.54, 1.807) is 12.1 Å². The molecule has 1 heterocycles. The van der Waals surface area contributed by atoms with Crippen molar-refractivity contribution in [2.45, 2.75) is 0 Å². The minimum atomic E-state index is 0.109. The first-order valence-electron chi connectivity index (χ1n) is 8.34. The van der Waals surface area contributed by atoms with Gasteiger partial charge in [-0.2, -0.15) is 0 Å². The second kappa shape index (κ2) is 6.76. The van der Waals surface area contributed by atoms with E-state index in [4.69, 9.17) is 9.72 Å². The summed E-state index contributed by atoms with van der Waals surface area (Å²) >= 11 is 0. The van der Waals surface area contributed by atoms with Gasteiger partial charge in [-0.1, -0.05) is 48.5 Å². The normalized spacial score (nSPS) is 10.7. The third-order valence-corrected chi connectivity index (χ3v) is 4.25. The summed E-state index contributed by atoms with van der Waals surface area (Å²) in [4.78, 5) is 4.86. The number of para-hydroxylation sites is 1. The van der Waals surface area contributed by atoms with Crippen LogP contribution in [0.3, 0.4) is 0 Å². The topological polar surface area (TPSA) is 47.3 Å². The monoisotopic (exact) mass is 342 g/mol. The summed E-state index contributed by atoms with van der Waals surface area (Å²) in [6.45, 7) is 0. The van der Waals surface area contributed by atoms with Crippen LogP contribution in [-0.4, -0.2) is 21.8 Å². The first-order valence-corrected chi connectivity index (χ1v) is 8.34. The lowest BCUT2D eigenvalue weighted by Crippen LogP contribution is -1.96. The van der Waals surface area contributed by atoms with E-state index >= 15 is 0 Å². The Balaban J connectivity index is 1.91. The Bertz CT molecular complexity index is 1020. The van der Waals surface area contributed by atoms with Crippen molar-refractivity contribution in [1.82, 2.24) is 9.55 Å². The molecular weight excluding hydrogens is 324 g/mol. The van der Waals surface area contributed by atoms with Gasteiger partial charge in [-0.05, 0) is 30.3 Å². The number of phenols is 1. The van der Waals surface area contributed by atoms with Crippen LogP contribution in [0.2, 0.25) is 0 Å². The van der Waals surface area contributed by atoms with Gasteiger partial charge in [0.2, 0.25) is 0 Å². The van der Waals surface area contributed by atoms with Gasteiger partial charge >= 0.3 is 0 Å². The van der Waals surface area contributed by atoms with Crippen molar-refractivity contribution < 1.29 is 9.84 Å². The molecule has 0 saturated carbocycles. The van der Waals surface area contributed by atoms with Gasteiger partial charge in [-0.25, -0.2) is 4.98 Å². The zero-order valence-corrected chi connectivity index (χ0v) is 14.3. The number of aromatic nitrogens is 2. The molecule has 0 atom stereocenters. The summed E-state index contributed by atoms with van der Waals surface area (Å²) in [5.41, 5.74) is 3.82. The standard InChI is InChI=1S/C22H18N2O2/c1-26-21-14-17(12-13-20(21)25)22-23-19(16-8-4-2-5-9-16)15-24(22)18-10-6-3-7-11-18/h2-15,25H,1H3. The Morgan fingerprint density at radius 2 is 1.54 bits per heavy atom. The number of rotatable bonds is 4. The van der Waals surface area contributed by atoms with E-state index in [0.717, 1.165) is 28.3 Å². The number of benzene rings is 3. The van der Waals surface area contributed by atoms with Crippen molar-refractivity contribution in [3.63, 3.8) is 0 Å². The maximum atomic E-state index is 9.90. The molecule has 0 bridgehead atoms. The number of methoxy groups -OCH3 is 1. The maximum absolute atomic E-state index is 9.90. The van der Waals surface area contributed by atoms with E-state index in [2.05, 4.69) is 0 Å². The van der Waals surface area contributed by atoms with Crippen LogP contribution in [0.4, 0.5) is 0 Å². The number of nitrogens with zero attached hydrogens (tertiary/aromatic N) is 2. The number of phenolic OH excluding ortho intramolecular Hbond substituents is 1. The Labute approximate surface area is 152 Å². The highest BCUT2D eigenvalue weighted by Crippen LogP contribution is 2.33. The fraction of sp³-hybridized carbons (Fsp3) is 0.0455. The van der Waals surface area contributed by atoms with Crippen LogP contribution in [0.1, 0.15) is 0 Å². The molecule has 26 heavy (non-hydrogen) atoms. The van der Waals surface area contributed by atoms with Crippen LogP contribution in [-0.2, 0) is 0 Å². The van der Waals surface area contributed by atoms with E-state index in [1.165, 1.54) is 7.11 Å². The van der Waals surface area contributed by atoms with Gasteiger partial charge in [0.1, 0.15) is 5.82 Å². The van der Waals surface area contributed by atoms with Gasteiger partial charge in [0.05, 0.1) is 12.8 Å². The van der Waals surface area contributed by atoms with E-state index in [9.17, 15) is 5.11 Å². The van der Waals surface area contributed by atoms with Gasteiger partial charge in [-0.15, -0.1) is 0 Å². The van der Waals surface area contributed by atoms with E-state index in [-0.39, 0.29) is 5.75 Å². The lowest BCUT2D eigenvalue weighted by atomic mass is 10.1. The molecular formula is C22H18N2O2. The maximum Gasteiger partial charge on any atom is 0.161 e.